The summed E-state index contributed by atoms with van der Waals surface area (Å²) in [5, 5.41) is 0. The molecule has 2 nitrogen and oxygen atoms in total. The van der Waals surface area contributed by atoms with Gasteiger partial charge in [0, 0.05) is 12.2 Å². The van der Waals surface area contributed by atoms with Gasteiger partial charge in [-0.25, -0.2) is 0 Å². The van der Waals surface area contributed by atoms with Crippen LogP contribution in [0.2, 0.25) is 0 Å². The molecule has 0 aromatic carbocycles. The van der Waals surface area contributed by atoms with Gasteiger partial charge in [-0.05, 0) is 6.92 Å². The maximum absolute atomic E-state index is 5.23. The first-order valence-electron chi connectivity index (χ1n) is 2.63. The molecule has 0 aromatic heterocycles. The van der Waals surface area contributed by atoms with Gasteiger partial charge in [-0.3, -0.25) is 0 Å². The first kappa shape index (κ1) is 8.63. The molecule has 0 aromatic rings. The summed E-state index contributed by atoms with van der Waals surface area (Å²) in [4.78, 5) is 0. The lowest BCUT2D eigenvalue weighted by Gasteiger charge is -2.04. The Morgan fingerprint density at radius 1 is 1.67 bits per heavy atom. The highest BCUT2D eigenvalue weighted by atomic mass is 16.7. The van der Waals surface area contributed by atoms with E-state index in [1.54, 1.807) is 13.0 Å². The predicted octanol–water partition coefficient (Wildman–Crippen LogP) is 0.133. The summed E-state index contributed by atoms with van der Waals surface area (Å²) in [6, 6.07) is 0. The second-order valence-corrected chi connectivity index (χ2v) is 1.32. The van der Waals surface area contributed by atoms with E-state index in [-0.39, 0.29) is 13.3 Å². The third kappa shape index (κ3) is 5.50. The van der Waals surface area contributed by atoms with E-state index in [9.17, 15) is 0 Å². The fourth-order valence-corrected chi connectivity index (χ4v) is 0.241. The summed E-state index contributed by atoms with van der Waals surface area (Å²) in [7, 11) is 10.2. The first-order valence-corrected chi connectivity index (χ1v) is 2.63. The standard InChI is InChI=1S/C5H8B2O2/c1-2-5(7)9-4-8-3-6/h2H,3-4H2,1H3/b5-2+. The molecule has 0 spiro atoms. The van der Waals surface area contributed by atoms with E-state index in [0.717, 1.165) is 0 Å². The average Bonchev–Trinajstić information content (AvgIpc) is 1.89. The molecule has 0 aliphatic carbocycles. The summed E-state index contributed by atoms with van der Waals surface area (Å²) in [6.45, 7) is 2.04. The molecule has 0 aliphatic rings. The largest absolute Gasteiger partial charge is 0.484 e. The highest BCUT2D eigenvalue weighted by molar-refractivity contribution is 6.20. The van der Waals surface area contributed by atoms with Gasteiger partial charge in [0.05, 0.1) is 0 Å². The van der Waals surface area contributed by atoms with Crippen molar-refractivity contribution in [1.82, 2.24) is 0 Å². The number of hydrogen-bond donors (Lipinski definition) is 0. The highest BCUT2D eigenvalue weighted by Crippen LogP contribution is 1.88. The third-order valence-corrected chi connectivity index (χ3v) is 0.711. The van der Waals surface area contributed by atoms with E-state index in [0.29, 0.717) is 5.66 Å². The van der Waals surface area contributed by atoms with E-state index in [2.05, 4.69) is 4.74 Å². The van der Waals surface area contributed by atoms with Gasteiger partial charge in [0.2, 0.25) is 0 Å². The van der Waals surface area contributed by atoms with Crippen LogP contribution < -0.4 is 0 Å². The smallest absolute Gasteiger partial charge is 0.186 e. The number of hydrogen-bond acceptors (Lipinski definition) is 2. The van der Waals surface area contributed by atoms with Crippen molar-refractivity contribution in [3.05, 3.63) is 11.7 Å². The summed E-state index contributed by atoms with van der Waals surface area (Å²) in [5.74, 6) is 0. The molecule has 0 amide bonds. The highest BCUT2D eigenvalue weighted by Gasteiger charge is 1.83. The molecule has 0 saturated heterocycles. The lowest BCUT2D eigenvalue weighted by atomic mass is 10.1. The maximum Gasteiger partial charge on any atom is 0.186 e. The van der Waals surface area contributed by atoms with Crippen LogP contribution in [0.5, 0.6) is 0 Å². The third-order valence-electron chi connectivity index (χ3n) is 0.711. The predicted molar refractivity (Wildman–Crippen MR) is 37.2 cm³/mol. The molecule has 0 fully saturated rings. The molecular formula is C5H8B2O2. The van der Waals surface area contributed by atoms with Gasteiger partial charge < -0.3 is 9.47 Å². The van der Waals surface area contributed by atoms with Crippen LogP contribution in [0.25, 0.3) is 0 Å². The minimum atomic E-state index is 0.118. The number of allylic oxidation sites excluding steroid dienone is 1. The van der Waals surface area contributed by atoms with Crippen molar-refractivity contribution >= 4 is 15.7 Å². The minimum Gasteiger partial charge on any atom is -0.484 e. The Labute approximate surface area is 58.0 Å². The Kier molecular flexibility index (Phi) is 5.52. The Hall–Kier alpha value is -0.370. The van der Waals surface area contributed by atoms with Gasteiger partial charge in [-0.1, -0.05) is 6.08 Å². The van der Waals surface area contributed by atoms with Crippen molar-refractivity contribution in [3.63, 3.8) is 0 Å². The Morgan fingerprint density at radius 3 is 2.78 bits per heavy atom. The summed E-state index contributed by atoms with van der Waals surface area (Å²) >= 11 is 0. The molecule has 0 heterocycles. The monoisotopic (exact) mass is 122 g/mol. The summed E-state index contributed by atoms with van der Waals surface area (Å²) < 4.78 is 9.41. The molecular weight excluding hydrogens is 114 g/mol. The second kappa shape index (κ2) is 5.76. The van der Waals surface area contributed by atoms with Crippen LogP contribution in [0.1, 0.15) is 6.92 Å². The molecule has 0 bridgehead atoms. The van der Waals surface area contributed by atoms with E-state index in [4.69, 9.17) is 20.4 Å². The Bertz CT molecular complexity index is 93.0. The van der Waals surface area contributed by atoms with Gasteiger partial charge in [-0.2, -0.15) is 0 Å². The fourth-order valence-electron chi connectivity index (χ4n) is 0.241. The molecule has 4 radical (unpaired) electrons. The average molecular weight is 122 g/mol. The van der Waals surface area contributed by atoms with Crippen LogP contribution in [0, 0.1) is 0 Å². The van der Waals surface area contributed by atoms with Crippen LogP contribution in [0.15, 0.2) is 11.7 Å². The first-order chi connectivity index (χ1) is 4.31. The van der Waals surface area contributed by atoms with E-state index >= 15 is 0 Å². The Balaban J connectivity index is 3.07. The van der Waals surface area contributed by atoms with Crippen molar-refractivity contribution in [1.29, 1.82) is 0 Å². The zero-order valence-corrected chi connectivity index (χ0v) is 5.46. The lowest BCUT2D eigenvalue weighted by Crippen LogP contribution is -2.00. The SMILES string of the molecule is [B]COCO/C([B])=C/C. The normalized spacial score (nSPS) is 11.4. The van der Waals surface area contributed by atoms with Crippen molar-refractivity contribution in [2.24, 2.45) is 0 Å². The van der Waals surface area contributed by atoms with Crippen LogP contribution in [0.4, 0.5) is 0 Å². The molecule has 0 aliphatic heterocycles. The van der Waals surface area contributed by atoms with Gasteiger partial charge in [0.25, 0.3) is 0 Å². The van der Waals surface area contributed by atoms with Crippen molar-refractivity contribution < 1.29 is 9.47 Å². The van der Waals surface area contributed by atoms with Crippen LogP contribution in [-0.4, -0.2) is 29.0 Å². The second-order valence-electron chi connectivity index (χ2n) is 1.32. The van der Waals surface area contributed by atoms with E-state index in [1.165, 1.54) is 0 Å². The lowest BCUT2D eigenvalue weighted by molar-refractivity contribution is 0.00474. The van der Waals surface area contributed by atoms with Gasteiger partial charge in [0.15, 0.2) is 14.6 Å². The molecule has 0 rings (SSSR count). The van der Waals surface area contributed by atoms with Crippen molar-refractivity contribution in [3.8, 4) is 0 Å². The quantitative estimate of drug-likeness (QED) is 0.228. The van der Waals surface area contributed by atoms with E-state index in [1.807, 2.05) is 0 Å². The number of rotatable bonds is 4. The summed E-state index contributed by atoms with van der Waals surface area (Å²) in [6.07, 6.45) is 1.64. The molecule has 9 heavy (non-hydrogen) atoms. The maximum atomic E-state index is 5.23. The van der Waals surface area contributed by atoms with Crippen LogP contribution >= 0.6 is 0 Å². The molecule has 0 atom stereocenters. The fraction of sp³-hybridized carbons (Fsp3) is 0.600. The van der Waals surface area contributed by atoms with Gasteiger partial charge >= 0.3 is 0 Å². The van der Waals surface area contributed by atoms with E-state index < -0.39 is 0 Å². The molecule has 4 heteroatoms. The van der Waals surface area contributed by atoms with Crippen LogP contribution in [0.3, 0.4) is 0 Å². The topological polar surface area (TPSA) is 18.5 Å². The minimum absolute atomic E-state index is 0.118. The summed E-state index contributed by atoms with van der Waals surface area (Å²) in [5.41, 5.74) is 0.350. The molecule has 46 valence electrons. The molecule has 0 N–H and O–H groups in total. The molecule has 0 unspecified atom stereocenters. The van der Waals surface area contributed by atoms with Gasteiger partial charge in [0.1, 0.15) is 7.85 Å². The number of ether oxygens (including phenoxy) is 2. The van der Waals surface area contributed by atoms with Crippen molar-refractivity contribution in [2.75, 3.05) is 13.3 Å². The molecule has 0 saturated carbocycles. The van der Waals surface area contributed by atoms with Crippen molar-refractivity contribution in [2.45, 2.75) is 6.92 Å². The zero-order valence-electron chi connectivity index (χ0n) is 5.46. The Morgan fingerprint density at radius 2 is 2.33 bits per heavy atom. The van der Waals surface area contributed by atoms with Crippen LogP contribution in [-0.2, 0) is 9.47 Å². The zero-order chi connectivity index (χ0) is 7.11. The van der Waals surface area contributed by atoms with Gasteiger partial charge in [-0.15, -0.1) is 0 Å².